The number of aromatic nitrogens is 1. The molecule has 0 atom stereocenters. The second kappa shape index (κ2) is 6.08. The number of aryl methyl sites for hydroxylation is 2. The first-order valence-corrected chi connectivity index (χ1v) is 6.84. The van der Waals surface area contributed by atoms with Crippen molar-refractivity contribution < 1.29 is 8.78 Å². The average Bonchev–Trinajstić information content (AvgIpc) is 2.40. The first kappa shape index (κ1) is 15.2. The molecule has 2 aromatic rings. The molecule has 0 saturated heterocycles. The van der Waals surface area contributed by atoms with E-state index in [0.29, 0.717) is 6.54 Å². The van der Waals surface area contributed by atoms with E-state index in [4.69, 9.17) is 0 Å². The van der Waals surface area contributed by atoms with Gasteiger partial charge in [-0.1, -0.05) is 6.07 Å². The maximum absolute atomic E-state index is 14.0. The van der Waals surface area contributed by atoms with Crippen molar-refractivity contribution in [3.05, 3.63) is 47.0 Å². The highest BCUT2D eigenvalue weighted by Gasteiger charge is 2.16. The predicted molar refractivity (Wildman–Crippen MR) is 82.3 cm³/mol. The molecule has 0 spiro atoms. The highest BCUT2D eigenvalue weighted by molar-refractivity contribution is 5.63. The zero-order valence-corrected chi connectivity index (χ0v) is 12.7. The van der Waals surface area contributed by atoms with Gasteiger partial charge >= 0.3 is 0 Å². The fourth-order valence-corrected chi connectivity index (χ4v) is 2.25. The van der Waals surface area contributed by atoms with Crippen LogP contribution in [0.2, 0.25) is 0 Å². The standard InChI is InChI=1S/C16H19F2N3/c1-5-19-15-13(17)9-14(18)16(20-15)21(4)12-7-10(2)6-11(3)8-12/h6-9H,5H2,1-4H3,(H,19,20). The van der Waals surface area contributed by atoms with Crippen LogP contribution in [0.5, 0.6) is 0 Å². The van der Waals surface area contributed by atoms with Crippen molar-refractivity contribution >= 4 is 17.3 Å². The number of anilines is 3. The van der Waals surface area contributed by atoms with E-state index in [-0.39, 0.29) is 11.6 Å². The number of nitrogens with zero attached hydrogens (tertiary/aromatic N) is 2. The van der Waals surface area contributed by atoms with Crippen molar-refractivity contribution in [2.24, 2.45) is 0 Å². The van der Waals surface area contributed by atoms with Gasteiger partial charge in [0.05, 0.1) is 0 Å². The molecule has 1 aromatic heterocycles. The van der Waals surface area contributed by atoms with E-state index in [9.17, 15) is 8.78 Å². The number of rotatable bonds is 4. The van der Waals surface area contributed by atoms with Gasteiger partial charge in [0, 0.05) is 25.3 Å². The van der Waals surface area contributed by atoms with Crippen LogP contribution in [-0.4, -0.2) is 18.6 Å². The molecule has 2 rings (SSSR count). The van der Waals surface area contributed by atoms with E-state index in [1.807, 2.05) is 39.0 Å². The molecule has 1 N–H and O–H groups in total. The van der Waals surface area contributed by atoms with Crippen LogP contribution in [0.25, 0.3) is 0 Å². The summed E-state index contributed by atoms with van der Waals surface area (Å²) in [6.07, 6.45) is 0. The van der Waals surface area contributed by atoms with E-state index >= 15 is 0 Å². The molecule has 112 valence electrons. The third kappa shape index (κ3) is 3.29. The van der Waals surface area contributed by atoms with Crippen LogP contribution in [-0.2, 0) is 0 Å². The lowest BCUT2D eigenvalue weighted by atomic mass is 10.1. The Morgan fingerprint density at radius 2 is 1.67 bits per heavy atom. The molecule has 0 unspecified atom stereocenters. The number of hydrogen-bond donors (Lipinski definition) is 1. The first-order valence-electron chi connectivity index (χ1n) is 6.84. The number of halogens is 2. The minimum absolute atomic E-state index is 0.0603. The predicted octanol–water partition coefficient (Wildman–Crippen LogP) is 4.18. The number of nitrogens with one attached hydrogen (secondary N) is 1. The fraction of sp³-hybridized carbons (Fsp3) is 0.312. The highest BCUT2D eigenvalue weighted by Crippen LogP contribution is 2.28. The summed E-state index contributed by atoms with van der Waals surface area (Å²) in [7, 11) is 1.72. The van der Waals surface area contributed by atoms with Crippen LogP contribution in [0.1, 0.15) is 18.1 Å². The molecular weight excluding hydrogens is 272 g/mol. The van der Waals surface area contributed by atoms with Gasteiger partial charge in [-0.25, -0.2) is 13.8 Å². The molecule has 1 heterocycles. The second-order valence-corrected chi connectivity index (χ2v) is 5.06. The molecule has 0 fully saturated rings. The van der Waals surface area contributed by atoms with Crippen molar-refractivity contribution in [3.63, 3.8) is 0 Å². The van der Waals surface area contributed by atoms with Gasteiger partial charge in [-0.15, -0.1) is 0 Å². The summed E-state index contributed by atoms with van der Waals surface area (Å²) < 4.78 is 27.7. The van der Waals surface area contributed by atoms with Gasteiger partial charge in [0.2, 0.25) is 0 Å². The summed E-state index contributed by atoms with van der Waals surface area (Å²) in [5, 5.41) is 2.79. The number of pyridine rings is 1. The van der Waals surface area contributed by atoms with Crippen molar-refractivity contribution in [2.45, 2.75) is 20.8 Å². The molecule has 3 nitrogen and oxygen atoms in total. The molecule has 1 aromatic carbocycles. The van der Waals surface area contributed by atoms with Crippen LogP contribution >= 0.6 is 0 Å². The molecule has 0 bridgehead atoms. The summed E-state index contributed by atoms with van der Waals surface area (Å²) in [5.74, 6) is -1.22. The van der Waals surface area contributed by atoms with Crippen LogP contribution in [0, 0.1) is 25.5 Å². The molecule has 0 saturated carbocycles. The summed E-state index contributed by atoms with van der Waals surface area (Å²) in [6, 6.07) is 6.77. The minimum Gasteiger partial charge on any atom is -0.368 e. The monoisotopic (exact) mass is 291 g/mol. The molecular formula is C16H19F2N3. The van der Waals surface area contributed by atoms with Crippen LogP contribution < -0.4 is 10.2 Å². The van der Waals surface area contributed by atoms with Gasteiger partial charge in [-0.3, -0.25) is 0 Å². The topological polar surface area (TPSA) is 28.2 Å². The molecule has 0 aliphatic carbocycles. The lowest BCUT2D eigenvalue weighted by Gasteiger charge is -2.21. The summed E-state index contributed by atoms with van der Waals surface area (Å²) >= 11 is 0. The Labute approximate surface area is 123 Å². The maximum atomic E-state index is 14.0. The minimum atomic E-state index is -0.688. The largest absolute Gasteiger partial charge is 0.368 e. The van der Waals surface area contributed by atoms with Crippen molar-refractivity contribution in [2.75, 3.05) is 23.8 Å². The third-order valence-corrected chi connectivity index (χ3v) is 3.17. The van der Waals surface area contributed by atoms with Gasteiger partial charge in [0.25, 0.3) is 0 Å². The SMILES string of the molecule is CCNc1nc(N(C)c2cc(C)cc(C)c2)c(F)cc1F. The Kier molecular flexibility index (Phi) is 4.40. The molecule has 0 radical (unpaired) electrons. The van der Waals surface area contributed by atoms with E-state index < -0.39 is 11.6 Å². The number of benzene rings is 1. The first-order chi connectivity index (χ1) is 9.92. The summed E-state index contributed by atoms with van der Waals surface area (Å²) in [5.41, 5.74) is 2.96. The lowest BCUT2D eigenvalue weighted by Crippen LogP contribution is -2.15. The van der Waals surface area contributed by atoms with E-state index in [0.717, 1.165) is 22.9 Å². The van der Waals surface area contributed by atoms with Crippen LogP contribution in [0.15, 0.2) is 24.3 Å². The van der Waals surface area contributed by atoms with Gasteiger partial charge in [-0.2, -0.15) is 0 Å². The smallest absolute Gasteiger partial charge is 0.171 e. The van der Waals surface area contributed by atoms with Gasteiger partial charge in [0.1, 0.15) is 0 Å². The van der Waals surface area contributed by atoms with Crippen LogP contribution in [0.3, 0.4) is 0 Å². The molecule has 0 aliphatic heterocycles. The summed E-state index contributed by atoms with van der Waals surface area (Å²) in [4.78, 5) is 5.68. The number of hydrogen-bond acceptors (Lipinski definition) is 3. The molecule has 21 heavy (non-hydrogen) atoms. The van der Waals surface area contributed by atoms with Gasteiger partial charge in [0.15, 0.2) is 23.3 Å². The molecule has 0 amide bonds. The Morgan fingerprint density at radius 1 is 1.05 bits per heavy atom. The summed E-state index contributed by atoms with van der Waals surface area (Å²) in [6.45, 7) is 6.30. The zero-order valence-electron chi connectivity index (χ0n) is 12.7. The average molecular weight is 291 g/mol. The molecule has 5 heteroatoms. The van der Waals surface area contributed by atoms with Crippen LogP contribution in [0.4, 0.5) is 26.1 Å². The van der Waals surface area contributed by atoms with Gasteiger partial charge < -0.3 is 10.2 Å². The van der Waals surface area contributed by atoms with E-state index in [2.05, 4.69) is 10.3 Å². The highest BCUT2D eigenvalue weighted by atomic mass is 19.1. The Bertz CT molecular complexity index is 636. The second-order valence-electron chi connectivity index (χ2n) is 5.06. The third-order valence-electron chi connectivity index (χ3n) is 3.17. The molecule has 0 aliphatic rings. The Hall–Kier alpha value is -2.17. The van der Waals surface area contributed by atoms with Crippen molar-refractivity contribution in [1.82, 2.24) is 4.98 Å². The Balaban J connectivity index is 2.46. The normalized spacial score (nSPS) is 10.6. The lowest BCUT2D eigenvalue weighted by molar-refractivity contribution is 0.576. The fourth-order valence-electron chi connectivity index (χ4n) is 2.25. The zero-order chi connectivity index (χ0) is 15.6. The quantitative estimate of drug-likeness (QED) is 0.916. The van der Waals surface area contributed by atoms with Gasteiger partial charge in [-0.05, 0) is 44.0 Å². The Morgan fingerprint density at radius 3 is 2.24 bits per heavy atom. The van der Waals surface area contributed by atoms with E-state index in [1.165, 1.54) is 0 Å². The van der Waals surface area contributed by atoms with Crippen molar-refractivity contribution in [3.8, 4) is 0 Å². The van der Waals surface area contributed by atoms with Crippen molar-refractivity contribution in [1.29, 1.82) is 0 Å². The maximum Gasteiger partial charge on any atom is 0.171 e. The van der Waals surface area contributed by atoms with E-state index in [1.54, 1.807) is 11.9 Å².